The number of halogens is 1. The van der Waals surface area contributed by atoms with Crippen LogP contribution in [0.3, 0.4) is 0 Å². The van der Waals surface area contributed by atoms with Crippen LogP contribution in [0.15, 0.2) is 82.5 Å². The average molecular weight is 347 g/mol. The van der Waals surface area contributed by atoms with E-state index in [1.165, 1.54) is 22.9 Å². The van der Waals surface area contributed by atoms with Crippen LogP contribution in [0.5, 0.6) is 0 Å². The molecular weight excluding hydrogens is 333 g/mol. The maximum atomic E-state index is 13.5. The standard InChI is InChI=1S/C20H14FN3O2/c21-15-7-4-6-14(12-15)13-23-19(25)17-10-5-11-22-18(17)24(20(23)26)16-8-2-1-3-9-16/h1-12H,13H2. The van der Waals surface area contributed by atoms with Crippen molar-refractivity contribution in [2.45, 2.75) is 6.54 Å². The third-order valence-corrected chi connectivity index (χ3v) is 4.14. The Morgan fingerprint density at radius 2 is 1.73 bits per heavy atom. The summed E-state index contributed by atoms with van der Waals surface area (Å²) in [5, 5.41) is 0.326. The second-order valence-electron chi connectivity index (χ2n) is 5.85. The fourth-order valence-electron chi connectivity index (χ4n) is 2.95. The lowest BCUT2D eigenvalue weighted by molar-refractivity contribution is 0.619. The van der Waals surface area contributed by atoms with E-state index in [4.69, 9.17) is 0 Å². The van der Waals surface area contributed by atoms with Gasteiger partial charge in [-0.1, -0.05) is 30.3 Å². The molecule has 2 heterocycles. The molecule has 0 aliphatic rings. The number of para-hydroxylation sites is 1. The van der Waals surface area contributed by atoms with Gasteiger partial charge in [0.1, 0.15) is 5.82 Å². The third kappa shape index (κ3) is 2.71. The highest BCUT2D eigenvalue weighted by Crippen LogP contribution is 2.12. The Kier molecular flexibility index (Phi) is 3.93. The third-order valence-electron chi connectivity index (χ3n) is 4.14. The zero-order valence-electron chi connectivity index (χ0n) is 13.7. The van der Waals surface area contributed by atoms with E-state index in [-0.39, 0.29) is 6.54 Å². The molecule has 5 nitrogen and oxygen atoms in total. The van der Waals surface area contributed by atoms with Crippen LogP contribution in [0.1, 0.15) is 5.56 Å². The molecule has 4 aromatic rings. The number of aromatic nitrogens is 3. The minimum atomic E-state index is -0.517. The lowest BCUT2D eigenvalue weighted by Crippen LogP contribution is -2.40. The van der Waals surface area contributed by atoms with Gasteiger partial charge in [0.2, 0.25) is 0 Å². The van der Waals surface area contributed by atoms with Gasteiger partial charge in [-0.05, 0) is 42.0 Å². The molecule has 0 saturated carbocycles. The first-order chi connectivity index (χ1) is 12.6. The number of benzene rings is 2. The monoisotopic (exact) mass is 347 g/mol. The highest BCUT2D eigenvalue weighted by Gasteiger charge is 2.15. The number of nitrogens with zero attached hydrogens (tertiary/aromatic N) is 3. The van der Waals surface area contributed by atoms with Crippen LogP contribution < -0.4 is 11.2 Å². The molecule has 0 amide bonds. The van der Waals surface area contributed by atoms with Crippen LogP contribution in [0, 0.1) is 5.82 Å². The fourth-order valence-corrected chi connectivity index (χ4v) is 2.95. The van der Waals surface area contributed by atoms with Gasteiger partial charge in [0.25, 0.3) is 5.56 Å². The quantitative estimate of drug-likeness (QED) is 0.573. The molecule has 0 saturated heterocycles. The summed E-state index contributed by atoms with van der Waals surface area (Å²) in [6.07, 6.45) is 1.54. The Hall–Kier alpha value is -3.54. The smallest absolute Gasteiger partial charge is 0.268 e. The van der Waals surface area contributed by atoms with E-state index in [1.807, 2.05) is 6.07 Å². The molecule has 2 aromatic heterocycles. The summed E-state index contributed by atoms with van der Waals surface area (Å²) in [4.78, 5) is 30.2. The van der Waals surface area contributed by atoms with Crippen molar-refractivity contribution in [1.82, 2.24) is 14.1 Å². The second kappa shape index (κ2) is 6.40. The Morgan fingerprint density at radius 1 is 0.923 bits per heavy atom. The molecule has 0 fully saturated rings. The zero-order valence-corrected chi connectivity index (χ0v) is 13.7. The van der Waals surface area contributed by atoms with Crippen LogP contribution in [0.2, 0.25) is 0 Å². The van der Waals surface area contributed by atoms with E-state index >= 15 is 0 Å². The van der Waals surface area contributed by atoms with Crippen LogP contribution >= 0.6 is 0 Å². The van der Waals surface area contributed by atoms with Gasteiger partial charge in [0, 0.05) is 6.20 Å². The van der Waals surface area contributed by atoms with Gasteiger partial charge in [-0.25, -0.2) is 18.7 Å². The summed E-state index contributed by atoms with van der Waals surface area (Å²) in [6.45, 7) is -0.0207. The molecule has 0 unspecified atom stereocenters. The molecule has 6 heteroatoms. The highest BCUT2D eigenvalue weighted by atomic mass is 19.1. The lowest BCUT2D eigenvalue weighted by Gasteiger charge is -2.13. The molecule has 0 spiro atoms. The van der Waals surface area contributed by atoms with Crippen molar-refractivity contribution in [2.24, 2.45) is 0 Å². The molecule has 0 bridgehead atoms. The topological polar surface area (TPSA) is 56.9 Å². The largest absolute Gasteiger partial charge is 0.337 e. The molecule has 0 atom stereocenters. The molecule has 2 aromatic carbocycles. The lowest BCUT2D eigenvalue weighted by atomic mass is 10.2. The Labute approximate surface area is 147 Å². The van der Waals surface area contributed by atoms with Crippen molar-refractivity contribution < 1.29 is 4.39 Å². The molecule has 0 radical (unpaired) electrons. The van der Waals surface area contributed by atoms with Gasteiger partial charge in [-0.2, -0.15) is 0 Å². The molecule has 26 heavy (non-hydrogen) atoms. The summed E-state index contributed by atoms with van der Waals surface area (Å²) in [7, 11) is 0. The summed E-state index contributed by atoms with van der Waals surface area (Å²) in [5.41, 5.74) is 0.469. The fraction of sp³-hybridized carbons (Fsp3) is 0.0500. The van der Waals surface area contributed by atoms with E-state index in [0.29, 0.717) is 22.3 Å². The first kappa shape index (κ1) is 16.0. The summed E-state index contributed by atoms with van der Waals surface area (Å²) < 4.78 is 16.0. The molecule has 0 aliphatic heterocycles. The number of fused-ring (bicyclic) bond motifs is 1. The van der Waals surface area contributed by atoms with E-state index in [1.54, 1.807) is 48.5 Å². The van der Waals surface area contributed by atoms with E-state index in [0.717, 1.165) is 4.57 Å². The van der Waals surface area contributed by atoms with Crippen molar-refractivity contribution in [1.29, 1.82) is 0 Å². The number of pyridine rings is 1. The van der Waals surface area contributed by atoms with E-state index < -0.39 is 17.1 Å². The van der Waals surface area contributed by atoms with Gasteiger partial charge in [-0.15, -0.1) is 0 Å². The minimum Gasteiger partial charge on any atom is -0.268 e. The highest BCUT2D eigenvalue weighted by molar-refractivity contribution is 5.75. The van der Waals surface area contributed by atoms with Gasteiger partial charge in [-0.3, -0.25) is 9.36 Å². The Bertz CT molecular complexity index is 1210. The maximum Gasteiger partial charge on any atom is 0.337 e. The van der Waals surface area contributed by atoms with Crippen molar-refractivity contribution in [3.63, 3.8) is 0 Å². The van der Waals surface area contributed by atoms with Gasteiger partial charge >= 0.3 is 5.69 Å². The number of hydrogen-bond donors (Lipinski definition) is 0. The van der Waals surface area contributed by atoms with Crippen LogP contribution in [-0.2, 0) is 6.54 Å². The zero-order chi connectivity index (χ0) is 18.1. The van der Waals surface area contributed by atoms with Crippen LogP contribution in [0.4, 0.5) is 4.39 Å². The number of rotatable bonds is 3. The molecular formula is C20H14FN3O2. The molecule has 128 valence electrons. The summed E-state index contributed by atoms with van der Waals surface area (Å²) in [5.74, 6) is -0.415. The van der Waals surface area contributed by atoms with Crippen LogP contribution in [0.25, 0.3) is 16.7 Å². The predicted molar refractivity (Wildman–Crippen MR) is 97.1 cm³/mol. The SMILES string of the molecule is O=c1c2cccnc2n(-c2ccccc2)c(=O)n1Cc1cccc(F)c1. The summed E-state index contributed by atoms with van der Waals surface area (Å²) in [6, 6.07) is 18.1. The Balaban J connectivity index is 2.02. The van der Waals surface area contributed by atoms with Gasteiger partial charge in [0.05, 0.1) is 17.6 Å². The predicted octanol–water partition coefficient (Wildman–Crippen LogP) is 2.73. The van der Waals surface area contributed by atoms with Gasteiger partial charge < -0.3 is 0 Å². The average Bonchev–Trinajstić information content (AvgIpc) is 2.66. The van der Waals surface area contributed by atoms with Crippen molar-refractivity contribution in [3.8, 4) is 5.69 Å². The van der Waals surface area contributed by atoms with Crippen molar-refractivity contribution >= 4 is 11.0 Å². The second-order valence-corrected chi connectivity index (χ2v) is 5.85. The maximum absolute atomic E-state index is 13.5. The van der Waals surface area contributed by atoms with Crippen LogP contribution in [-0.4, -0.2) is 14.1 Å². The van der Waals surface area contributed by atoms with Gasteiger partial charge in [0.15, 0.2) is 5.65 Å². The normalized spacial score (nSPS) is 11.0. The van der Waals surface area contributed by atoms with E-state index in [9.17, 15) is 14.0 Å². The first-order valence-corrected chi connectivity index (χ1v) is 8.05. The molecule has 0 N–H and O–H groups in total. The molecule has 0 aliphatic carbocycles. The molecule has 4 rings (SSSR count). The van der Waals surface area contributed by atoms with Crippen molar-refractivity contribution in [3.05, 3.63) is 105 Å². The number of hydrogen-bond acceptors (Lipinski definition) is 3. The summed E-state index contributed by atoms with van der Waals surface area (Å²) >= 11 is 0. The minimum absolute atomic E-state index is 0.0207. The Morgan fingerprint density at radius 3 is 2.50 bits per heavy atom. The first-order valence-electron chi connectivity index (χ1n) is 8.05. The van der Waals surface area contributed by atoms with Crippen molar-refractivity contribution in [2.75, 3.05) is 0 Å². The van der Waals surface area contributed by atoms with E-state index in [2.05, 4.69) is 4.98 Å².